The van der Waals surface area contributed by atoms with E-state index in [2.05, 4.69) is 45.1 Å². The van der Waals surface area contributed by atoms with E-state index in [0.29, 0.717) is 33.0 Å². The second kappa shape index (κ2) is 8.11. The second-order valence-corrected chi connectivity index (χ2v) is 12.8. The van der Waals surface area contributed by atoms with E-state index < -0.39 is 0 Å². The standard InChI is InChI=1S/C26H30N4OS2/c1-13-5-7-16-18(12-27)25(32-20(16)9-13)30-23(31)22-21(28)17-11-14-10-15(26(2,3)4)6-8-19(14)29-24(17)33-22/h11,13,15H,5-10,28H2,1-4H3,(H,30,31). The maximum Gasteiger partial charge on any atom is 0.268 e. The molecule has 5 rings (SSSR count). The molecule has 1 amide bonds. The molecule has 0 saturated carbocycles. The molecule has 5 nitrogen and oxygen atoms in total. The number of aryl methyl sites for hydroxylation is 1. The van der Waals surface area contributed by atoms with Crippen LogP contribution in [0.5, 0.6) is 0 Å². The molecule has 0 bridgehead atoms. The van der Waals surface area contributed by atoms with Gasteiger partial charge in [-0.25, -0.2) is 4.98 Å². The zero-order chi connectivity index (χ0) is 23.5. The number of nitriles is 1. The van der Waals surface area contributed by atoms with Crippen molar-refractivity contribution in [3.05, 3.63) is 38.2 Å². The average molecular weight is 479 g/mol. The number of nitrogens with two attached hydrogens (primary N) is 1. The van der Waals surface area contributed by atoms with E-state index in [1.165, 1.54) is 21.8 Å². The topological polar surface area (TPSA) is 91.8 Å². The lowest BCUT2D eigenvalue weighted by Crippen LogP contribution is -2.27. The number of nitrogen functional groups attached to an aromatic ring is 1. The smallest absolute Gasteiger partial charge is 0.268 e. The molecule has 3 heterocycles. The minimum Gasteiger partial charge on any atom is -0.397 e. The van der Waals surface area contributed by atoms with Crippen LogP contribution in [0.2, 0.25) is 0 Å². The number of carbonyl (C=O) groups is 1. The van der Waals surface area contributed by atoms with Crippen molar-refractivity contribution in [3.63, 3.8) is 0 Å². The number of hydrogen-bond donors (Lipinski definition) is 2. The molecule has 0 aliphatic heterocycles. The minimum absolute atomic E-state index is 0.246. The van der Waals surface area contributed by atoms with Gasteiger partial charge in [-0.3, -0.25) is 4.79 Å². The van der Waals surface area contributed by atoms with E-state index in [-0.39, 0.29) is 11.3 Å². The van der Waals surface area contributed by atoms with Crippen LogP contribution >= 0.6 is 22.7 Å². The number of hydrogen-bond acceptors (Lipinski definition) is 6. The first-order chi connectivity index (χ1) is 15.7. The Hall–Kier alpha value is -2.43. The van der Waals surface area contributed by atoms with Crippen molar-refractivity contribution in [2.45, 2.75) is 66.2 Å². The summed E-state index contributed by atoms with van der Waals surface area (Å²) in [5.41, 5.74) is 11.4. The van der Waals surface area contributed by atoms with Crippen molar-refractivity contribution in [3.8, 4) is 6.07 Å². The maximum absolute atomic E-state index is 13.2. The van der Waals surface area contributed by atoms with Gasteiger partial charge in [0.05, 0.1) is 11.3 Å². The van der Waals surface area contributed by atoms with E-state index in [9.17, 15) is 10.1 Å². The van der Waals surface area contributed by atoms with E-state index in [4.69, 9.17) is 10.7 Å². The fourth-order valence-electron chi connectivity index (χ4n) is 5.22. The minimum atomic E-state index is -0.246. The zero-order valence-electron chi connectivity index (χ0n) is 19.7. The van der Waals surface area contributed by atoms with E-state index in [1.54, 1.807) is 11.3 Å². The molecule has 0 saturated heterocycles. The number of anilines is 2. The van der Waals surface area contributed by atoms with Crippen molar-refractivity contribution in [2.75, 3.05) is 11.1 Å². The normalized spacial score (nSPS) is 20.2. The molecule has 2 aliphatic rings. The molecule has 0 radical (unpaired) electrons. The van der Waals surface area contributed by atoms with Crippen LogP contribution in [0.3, 0.4) is 0 Å². The molecule has 3 aromatic rings. The molecular weight excluding hydrogens is 448 g/mol. The molecule has 3 aromatic heterocycles. The largest absolute Gasteiger partial charge is 0.397 e. The van der Waals surface area contributed by atoms with Crippen molar-refractivity contribution in [1.82, 2.24) is 4.98 Å². The van der Waals surface area contributed by atoms with Gasteiger partial charge < -0.3 is 11.1 Å². The highest BCUT2D eigenvalue weighted by molar-refractivity contribution is 7.21. The van der Waals surface area contributed by atoms with Gasteiger partial charge >= 0.3 is 0 Å². The maximum atomic E-state index is 13.2. The molecule has 172 valence electrons. The SMILES string of the molecule is CC1CCc2c(sc(NC(=O)c3sc4nc5c(cc4c3N)CC(C(C)(C)C)CC5)c2C#N)C1. The number of nitrogens with zero attached hydrogens (tertiary/aromatic N) is 2. The second-order valence-electron chi connectivity index (χ2n) is 10.7. The van der Waals surface area contributed by atoms with Crippen molar-refractivity contribution in [2.24, 2.45) is 17.3 Å². The van der Waals surface area contributed by atoms with Crippen molar-refractivity contribution < 1.29 is 4.79 Å². The first kappa shape index (κ1) is 22.4. The van der Waals surface area contributed by atoms with Crippen LogP contribution in [-0.4, -0.2) is 10.9 Å². The molecule has 33 heavy (non-hydrogen) atoms. The quantitative estimate of drug-likeness (QED) is 0.449. The van der Waals surface area contributed by atoms with Crippen LogP contribution in [0, 0.1) is 28.6 Å². The predicted molar refractivity (Wildman–Crippen MR) is 137 cm³/mol. The van der Waals surface area contributed by atoms with Crippen LogP contribution in [0.15, 0.2) is 6.07 Å². The van der Waals surface area contributed by atoms with Gasteiger partial charge in [0.25, 0.3) is 5.91 Å². The summed E-state index contributed by atoms with van der Waals surface area (Å²) in [5, 5.41) is 14.3. The number of carbonyl (C=O) groups excluding carboxylic acids is 1. The fraction of sp³-hybridized carbons (Fsp3) is 0.500. The van der Waals surface area contributed by atoms with Crippen LogP contribution in [0.1, 0.15) is 77.5 Å². The molecule has 2 aliphatic carbocycles. The summed E-state index contributed by atoms with van der Waals surface area (Å²) in [6.07, 6.45) is 6.08. The van der Waals surface area contributed by atoms with Crippen molar-refractivity contribution in [1.29, 1.82) is 5.26 Å². The Morgan fingerprint density at radius 2 is 2.03 bits per heavy atom. The van der Waals surface area contributed by atoms with Gasteiger partial charge in [0.1, 0.15) is 20.8 Å². The Morgan fingerprint density at radius 3 is 2.76 bits per heavy atom. The number of thiophene rings is 2. The molecule has 3 N–H and O–H groups in total. The third-order valence-corrected chi connectivity index (χ3v) is 9.65. The zero-order valence-corrected chi connectivity index (χ0v) is 21.3. The van der Waals surface area contributed by atoms with Gasteiger partial charge in [0.2, 0.25) is 0 Å². The first-order valence-electron chi connectivity index (χ1n) is 11.7. The van der Waals surface area contributed by atoms with Crippen LogP contribution in [-0.2, 0) is 25.7 Å². The summed E-state index contributed by atoms with van der Waals surface area (Å²) in [4.78, 5) is 20.7. The number of rotatable bonds is 2. The molecule has 0 fully saturated rings. The molecule has 2 atom stereocenters. The summed E-state index contributed by atoms with van der Waals surface area (Å²) in [6, 6.07) is 4.48. The van der Waals surface area contributed by atoms with Gasteiger partial charge in [-0.2, -0.15) is 5.26 Å². The molecule has 0 aromatic carbocycles. The predicted octanol–water partition coefficient (Wildman–Crippen LogP) is 6.34. The summed E-state index contributed by atoms with van der Waals surface area (Å²) in [7, 11) is 0. The van der Waals surface area contributed by atoms with Crippen LogP contribution in [0.4, 0.5) is 10.7 Å². The number of nitrogens with one attached hydrogen (secondary N) is 1. The summed E-state index contributed by atoms with van der Waals surface area (Å²) < 4.78 is 0. The highest BCUT2D eigenvalue weighted by atomic mass is 32.1. The Bertz CT molecular complexity index is 1300. The Balaban J connectivity index is 1.46. The van der Waals surface area contributed by atoms with Gasteiger partial charge in [0, 0.05) is 16.0 Å². The van der Waals surface area contributed by atoms with Gasteiger partial charge in [-0.15, -0.1) is 22.7 Å². The Kier molecular flexibility index (Phi) is 5.49. The fourth-order valence-corrected chi connectivity index (χ4v) is 7.56. The average Bonchev–Trinajstić information content (AvgIpc) is 3.27. The first-order valence-corrected chi connectivity index (χ1v) is 13.4. The van der Waals surface area contributed by atoms with Gasteiger partial charge in [-0.05, 0) is 73.0 Å². The van der Waals surface area contributed by atoms with Crippen molar-refractivity contribution >= 4 is 49.5 Å². The highest BCUT2D eigenvalue weighted by Crippen LogP contribution is 2.42. The van der Waals surface area contributed by atoms with E-state index in [0.717, 1.165) is 60.0 Å². The van der Waals surface area contributed by atoms with E-state index in [1.807, 2.05) is 0 Å². The lowest BCUT2D eigenvalue weighted by Gasteiger charge is -2.34. The van der Waals surface area contributed by atoms with Gasteiger partial charge in [-0.1, -0.05) is 27.7 Å². The number of aromatic nitrogens is 1. The van der Waals surface area contributed by atoms with Crippen LogP contribution in [0.25, 0.3) is 10.2 Å². The Labute approximate surface area is 203 Å². The monoisotopic (exact) mass is 478 g/mol. The summed E-state index contributed by atoms with van der Waals surface area (Å²) in [6.45, 7) is 9.14. The summed E-state index contributed by atoms with van der Waals surface area (Å²) in [5.74, 6) is 0.979. The number of fused-ring (bicyclic) bond motifs is 3. The molecular formula is C26H30N4OS2. The third-order valence-electron chi connectivity index (χ3n) is 7.37. The lowest BCUT2D eigenvalue weighted by molar-refractivity contribution is 0.103. The number of amides is 1. The van der Waals surface area contributed by atoms with Crippen LogP contribution < -0.4 is 11.1 Å². The molecule has 0 spiro atoms. The third kappa shape index (κ3) is 3.94. The van der Waals surface area contributed by atoms with Gasteiger partial charge in [0.15, 0.2) is 0 Å². The summed E-state index contributed by atoms with van der Waals surface area (Å²) >= 11 is 2.90. The Morgan fingerprint density at radius 1 is 1.24 bits per heavy atom. The molecule has 7 heteroatoms. The number of pyridine rings is 1. The van der Waals surface area contributed by atoms with E-state index >= 15 is 0 Å². The molecule has 2 unspecified atom stereocenters. The highest BCUT2D eigenvalue weighted by Gasteiger charge is 2.31. The lowest BCUT2D eigenvalue weighted by atomic mass is 9.71.